The van der Waals surface area contributed by atoms with Crippen molar-refractivity contribution in [1.82, 2.24) is 0 Å². The Kier molecular flexibility index (Phi) is 9.59. The van der Waals surface area contributed by atoms with E-state index in [1.54, 1.807) is 14.2 Å². The van der Waals surface area contributed by atoms with Gasteiger partial charge in [0.25, 0.3) is 0 Å². The lowest BCUT2D eigenvalue weighted by Gasteiger charge is -2.32. The van der Waals surface area contributed by atoms with Gasteiger partial charge in [-0.15, -0.1) is 0 Å². The van der Waals surface area contributed by atoms with Gasteiger partial charge in [0.1, 0.15) is 0 Å². The van der Waals surface area contributed by atoms with Gasteiger partial charge in [0, 0.05) is 27.1 Å². The molecular weight excluding hydrogens is 260 g/mol. The van der Waals surface area contributed by atoms with E-state index < -0.39 is 0 Å². The van der Waals surface area contributed by atoms with Gasteiger partial charge < -0.3 is 9.47 Å². The van der Waals surface area contributed by atoms with E-state index in [1.165, 1.54) is 64.2 Å². The zero-order valence-electron chi connectivity index (χ0n) is 15.0. The molecule has 1 aliphatic carbocycles. The molecule has 0 aromatic carbocycles. The summed E-state index contributed by atoms with van der Waals surface area (Å²) in [5.41, 5.74) is 0. The van der Waals surface area contributed by atoms with E-state index in [4.69, 9.17) is 9.47 Å². The van der Waals surface area contributed by atoms with Crippen molar-refractivity contribution in [2.24, 2.45) is 11.8 Å². The lowest BCUT2D eigenvalue weighted by atomic mass is 9.78. The van der Waals surface area contributed by atoms with Gasteiger partial charge in [-0.3, -0.25) is 0 Å². The number of hydrogen-bond acceptors (Lipinski definition) is 2. The van der Waals surface area contributed by atoms with Gasteiger partial charge in [-0.1, -0.05) is 65.2 Å². The molecule has 1 atom stereocenters. The highest BCUT2D eigenvalue weighted by Crippen LogP contribution is 2.34. The van der Waals surface area contributed by atoms with Crippen molar-refractivity contribution in [3.05, 3.63) is 0 Å². The summed E-state index contributed by atoms with van der Waals surface area (Å²) in [6.07, 6.45) is 15.6. The first-order chi connectivity index (χ1) is 10.2. The largest absolute Gasteiger partial charge is 0.353 e. The third kappa shape index (κ3) is 6.69. The van der Waals surface area contributed by atoms with E-state index in [1.807, 2.05) is 0 Å². The van der Waals surface area contributed by atoms with Crippen LogP contribution in [0.4, 0.5) is 0 Å². The van der Waals surface area contributed by atoms with Crippen molar-refractivity contribution in [3.8, 4) is 0 Å². The van der Waals surface area contributed by atoms with Crippen molar-refractivity contribution in [1.29, 1.82) is 0 Å². The summed E-state index contributed by atoms with van der Waals surface area (Å²) in [6.45, 7) is 4.70. The topological polar surface area (TPSA) is 18.5 Å². The Hall–Kier alpha value is -0.0800. The Morgan fingerprint density at radius 3 is 2.14 bits per heavy atom. The summed E-state index contributed by atoms with van der Waals surface area (Å²) < 4.78 is 11.5. The highest BCUT2D eigenvalue weighted by atomic mass is 16.7. The van der Waals surface area contributed by atoms with E-state index in [0.29, 0.717) is 0 Å². The van der Waals surface area contributed by atoms with Crippen LogP contribution < -0.4 is 0 Å². The standard InChI is InChI=1S/C19H38O2/c1-5-6-10-15-19(20-3,21-4)16-11-12-17(2)18-13-8-7-9-14-18/h17-18H,5-16H2,1-4H3. The number of rotatable bonds is 11. The second-order valence-corrected chi connectivity index (χ2v) is 7.04. The molecule has 1 aliphatic rings. The van der Waals surface area contributed by atoms with Crippen LogP contribution in [-0.2, 0) is 9.47 Å². The second-order valence-electron chi connectivity index (χ2n) is 7.04. The molecule has 2 heteroatoms. The van der Waals surface area contributed by atoms with E-state index >= 15 is 0 Å². The first-order valence-corrected chi connectivity index (χ1v) is 9.27. The average molecular weight is 299 g/mol. The van der Waals surface area contributed by atoms with Gasteiger partial charge in [-0.25, -0.2) is 0 Å². The molecule has 1 saturated carbocycles. The minimum atomic E-state index is -0.332. The van der Waals surface area contributed by atoms with Crippen LogP contribution in [0.3, 0.4) is 0 Å². The molecule has 0 heterocycles. The van der Waals surface area contributed by atoms with Crippen molar-refractivity contribution in [2.75, 3.05) is 14.2 Å². The van der Waals surface area contributed by atoms with Gasteiger partial charge in [0.05, 0.1) is 0 Å². The van der Waals surface area contributed by atoms with Crippen LogP contribution in [0.1, 0.15) is 90.9 Å². The first kappa shape index (κ1) is 19.0. The molecule has 126 valence electrons. The Morgan fingerprint density at radius 1 is 0.952 bits per heavy atom. The van der Waals surface area contributed by atoms with Gasteiger partial charge in [-0.05, 0) is 24.7 Å². The summed E-state index contributed by atoms with van der Waals surface area (Å²) >= 11 is 0. The van der Waals surface area contributed by atoms with Gasteiger partial charge in [-0.2, -0.15) is 0 Å². The molecule has 0 radical (unpaired) electrons. The zero-order chi connectivity index (χ0) is 15.6. The van der Waals surface area contributed by atoms with E-state index in [9.17, 15) is 0 Å². The summed E-state index contributed by atoms with van der Waals surface area (Å²) in [5, 5.41) is 0. The Bertz CT molecular complexity index is 242. The third-order valence-corrected chi connectivity index (χ3v) is 5.58. The van der Waals surface area contributed by atoms with E-state index in [2.05, 4.69) is 13.8 Å². The normalized spacial score (nSPS) is 18.9. The fourth-order valence-corrected chi connectivity index (χ4v) is 3.89. The summed E-state index contributed by atoms with van der Waals surface area (Å²) in [7, 11) is 3.61. The smallest absolute Gasteiger partial charge is 0.167 e. The van der Waals surface area contributed by atoms with Crippen LogP contribution in [0.2, 0.25) is 0 Å². The molecule has 0 amide bonds. The van der Waals surface area contributed by atoms with Crippen LogP contribution in [0.15, 0.2) is 0 Å². The van der Waals surface area contributed by atoms with Crippen LogP contribution >= 0.6 is 0 Å². The molecule has 21 heavy (non-hydrogen) atoms. The fraction of sp³-hybridized carbons (Fsp3) is 1.00. The molecule has 1 unspecified atom stereocenters. The number of methoxy groups -OCH3 is 2. The molecule has 0 spiro atoms. The minimum absolute atomic E-state index is 0.332. The number of ether oxygens (including phenoxy) is 2. The number of unbranched alkanes of at least 4 members (excludes halogenated alkanes) is 2. The van der Waals surface area contributed by atoms with Crippen LogP contribution in [0.5, 0.6) is 0 Å². The van der Waals surface area contributed by atoms with Crippen molar-refractivity contribution in [3.63, 3.8) is 0 Å². The molecule has 1 rings (SSSR count). The van der Waals surface area contributed by atoms with E-state index in [0.717, 1.165) is 24.7 Å². The lowest BCUT2D eigenvalue weighted by Crippen LogP contribution is -2.34. The predicted molar refractivity (Wildman–Crippen MR) is 90.5 cm³/mol. The SMILES string of the molecule is CCCCCC(CCCC(C)C1CCCCC1)(OC)OC. The summed E-state index contributed by atoms with van der Waals surface area (Å²) in [6, 6.07) is 0. The highest BCUT2D eigenvalue weighted by Gasteiger charge is 2.29. The van der Waals surface area contributed by atoms with Gasteiger partial charge in [0.15, 0.2) is 5.79 Å². The molecule has 0 aromatic heterocycles. The van der Waals surface area contributed by atoms with Crippen molar-refractivity contribution < 1.29 is 9.47 Å². The third-order valence-electron chi connectivity index (χ3n) is 5.58. The van der Waals surface area contributed by atoms with Crippen LogP contribution in [0, 0.1) is 11.8 Å². The molecule has 0 aliphatic heterocycles. The number of hydrogen-bond donors (Lipinski definition) is 0. The first-order valence-electron chi connectivity index (χ1n) is 9.27. The fourth-order valence-electron chi connectivity index (χ4n) is 3.89. The zero-order valence-corrected chi connectivity index (χ0v) is 15.0. The maximum atomic E-state index is 5.74. The lowest BCUT2D eigenvalue weighted by molar-refractivity contribution is -0.216. The van der Waals surface area contributed by atoms with Crippen molar-refractivity contribution >= 4 is 0 Å². The molecule has 1 fully saturated rings. The molecular formula is C19H38O2. The van der Waals surface area contributed by atoms with Crippen molar-refractivity contribution in [2.45, 2.75) is 96.7 Å². The minimum Gasteiger partial charge on any atom is -0.353 e. The summed E-state index contributed by atoms with van der Waals surface area (Å²) in [4.78, 5) is 0. The Labute approximate surface area is 133 Å². The molecule has 0 bridgehead atoms. The molecule has 0 N–H and O–H groups in total. The average Bonchev–Trinajstić information content (AvgIpc) is 2.54. The Balaban J connectivity index is 2.31. The summed E-state index contributed by atoms with van der Waals surface area (Å²) in [5.74, 6) is 1.51. The maximum absolute atomic E-state index is 5.74. The highest BCUT2D eigenvalue weighted by molar-refractivity contribution is 4.74. The van der Waals surface area contributed by atoms with Gasteiger partial charge in [0.2, 0.25) is 0 Å². The predicted octanol–water partition coefficient (Wildman–Crippen LogP) is 5.94. The Morgan fingerprint density at radius 2 is 1.57 bits per heavy atom. The van der Waals surface area contributed by atoms with E-state index in [-0.39, 0.29) is 5.79 Å². The second kappa shape index (κ2) is 10.6. The molecule has 0 aromatic rings. The quantitative estimate of drug-likeness (QED) is 0.347. The molecule has 0 saturated heterocycles. The van der Waals surface area contributed by atoms with Crippen LogP contribution in [0.25, 0.3) is 0 Å². The maximum Gasteiger partial charge on any atom is 0.167 e. The monoisotopic (exact) mass is 298 g/mol. The van der Waals surface area contributed by atoms with Crippen LogP contribution in [-0.4, -0.2) is 20.0 Å². The molecule has 2 nitrogen and oxygen atoms in total. The van der Waals surface area contributed by atoms with Gasteiger partial charge >= 0.3 is 0 Å².